The van der Waals surface area contributed by atoms with Gasteiger partial charge in [-0.2, -0.15) is 0 Å². The average molecular weight is 444 g/mol. The van der Waals surface area contributed by atoms with Crippen molar-refractivity contribution in [3.63, 3.8) is 0 Å². The van der Waals surface area contributed by atoms with Crippen molar-refractivity contribution in [1.82, 2.24) is 10.2 Å². The number of benzene rings is 1. The van der Waals surface area contributed by atoms with Crippen LogP contribution in [0.5, 0.6) is 5.75 Å². The van der Waals surface area contributed by atoms with Crippen LogP contribution in [0.25, 0.3) is 0 Å². The number of piperidine rings is 1. The molecule has 0 bridgehead atoms. The van der Waals surface area contributed by atoms with Crippen LogP contribution in [0.2, 0.25) is 5.02 Å². The number of nitrogens with one attached hydrogen (secondary N) is 1. The van der Waals surface area contributed by atoms with Gasteiger partial charge in [-0.15, -0.1) is 0 Å². The Balaban J connectivity index is 1.56. The Kier molecular flexibility index (Phi) is 7.29. The molecule has 1 aromatic rings. The van der Waals surface area contributed by atoms with Crippen molar-refractivity contribution < 1.29 is 17.9 Å². The van der Waals surface area contributed by atoms with Crippen molar-refractivity contribution in [2.75, 3.05) is 36.7 Å². The molecule has 0 spiro atoms. The van der Waals surface area contributed by atoms with Gasteiger partial charge in [-0.3, -0.25) is 9.10 Å². The second-order valence-corrected chi connectivity index (χ2v) is 10.1. The zero-order chi connectivity index (χ0) is 21.0. The summed E-state index contributed by atoms with van der Waals surface area (Å²) in [4.78, 5) is 15.1. The minimum atomic E-state index is -3.56. The summed E-state index contributed by atoms with van der Waals surface area (Å²) in [5.41, 5.74) is 0.361. The van der Waals surface area contributed by atoms with Crippen molar-refractivity contribution in [3.8, 4) is 5.75 Å². The predicted octanol–water partition coefficient (Wildman–Crippen LogP) is 2.64. The molecule has 2 aliphatic heterocycles. The van der Waals surface area contributed by atoms with Gasteiger partial charge in [0.1, 0.15) is 5.75 Å². The maximum absolute atomic E-state index is 12.6. The highest BCUT2D eigenvalue weighted by atomic mass is 35.5. The fourth-order valence-corrected chi connectivity index (χ4v) is 5.17. The molecule has 29 heavy (non-hydrogen) atoms. The third-order valence-electron chi connectivity index (χ3n) is 5.62. The number of anilines is 1. The molecule has 0 saturated carbocycles. The lowest BCUT2D eigenvalue weighted by Crippen LogP contribution is -2.50. The first kappa shape index (κ1) is 22.2. The zero-order valence-corrected chi connectivity index (χ0v) is 18.6. The fourth-order valence-electron chi connectivity index (χ4n) is 4.10. The van der Waals surface area contributed by atoms with E-state index in [1.165, 1.54) is 29.6 Å². The van der Waals surface area contributed by atoms with Crippen LogP contribution in [-0.4, -0.2) is 63.8 Å². The third-order valence-corrected chi connectivity index (χ3v) is 7.01. The Labute approximate surface area is 178 Å². The van der Waals surface area contributed by atoms with Gasteiger partial charge in [0.25, 0.3) is 5.91 Å². The molecule has 7 nitrogen and oxygen atoms in total. The Morgan fingerprint density at radius 2 is 2.14 bits per heavy atom. The van der Waals surface area contributed by atoms with Crippen LogP contribution in [0, 0.1) is 0 Å². The van der Waals surface area contributed by atoms with E-state index in [0.717, 1.165) is 32.2 Å². The number of amides is 1. The van der Waals surface area contributed by atoms with Crippen LogP contribution in [0.1, 0.15) is 39.0 Å². The SMILES string of the molecule is CC[C@H]1CCCCN1CCCNC(=O)[C@H]1CN(S(C)(=O)=O)c2cc(Cl)ccc2O1. The largest absolute Gasteiger partial charge is 0.476 e. The maximum Gasteiger partial charge on any atom is 0.263 e. The van der Waals surface area contributed by atoms with E-state index in [1.54, 1.807) is 12.1 Å². The number of hydrogen-bond donors (Lipinski definition) is 1. The van der Waals surface area contributed by atoms with E-state index >= 15 is 0 Å². The van der Waals surface area contributed by atoms with Gasteiger partial charge in [0.05, 0.1) is 18.5 Å². The predicted molar refractivity (Wildman–Crippen MR) is 115 cm³/mol. The summed E-state index contributed by atoms with van der Waals surface area (Å²) in [5, 5.41) is 3.31. The minimum absolute atomic E-state index is 0.0674. The highest BCUT2D eigenvalue weighted by Gasteiger charge is 2.35. The molecule has 0 radical (unpaired) electrons. The number of halogens is 1. The van der Waals surface area contributed by atoms with Gasteiger partial charge in [0.2, 0.25) is 10.0 Å². The van der Waals surface area contributed by atoms with Crippen LogP contribution >= 0.6 is 11.6 Å². The van der Waals surface area contributed by atoms with Gasteiger partial charge in [-0.25, -0.2) is 8.42 Å². The molecule has 1 N–H and O–H groups in total. The van der Waals surface area contributed by atoms with Crippen molar-refractivity contribution >= 4 is 33.2 Å². The van der Waals surface area contributed by atoms with Crippen molar-refractivity contribution in [2.45, 2.75) is 51.2 Å². The van der Waals surface area contributed by atoms with Gasteiger partial charge in [0.15, 0.2) is 6.10 Å². The molecular formula is C20H30ClN3O4S. The number of nitrogens with zero attached hydrogens (tertiary/aromatic N) is 2. The summed E-state index contributed by atoms with van der Waals surface area (Å²) >= 11 is 6.00. The Hall–Kier alpha value is -1.51. The van der Waals surface area contributed by atoms with Gasteiger partial charge in [-0.1, -0.05) is 24.9 Å². The van der Waals surface area contributed by atoms with E-state index in [1.807, 2.05) is 0 Å². The van der Waals surface area contributed by atoms with Crippen LogP contribution in [0.4, 0.5) is 5.69 Å². The number of likely N-dealkylation sites (tertiary alicyclic amines) is 1. The smallest absolute Gasteiger partial charge is 0.263 e. The number of fused-ring (bicyclic) bond motifs is 1. The van der Waals surface area contributed by atoms with Gasteiger partial charge < -0.3 is 15.0 Å². The van der Waals surface area contributed by atoms with E-state index in [0.29, 0.717) is 29.0 Å². The van der Waals surface area contributed by atoms with E-state index in [9.17, 15) is 13.2 Å². The summed E-state index contributed by atoms with van der Waals surface area (Å²) < 4.78 is 31.4. The van der Waals surface area contributed by atoms with E-state index < -0.39 is 16.1 Å². The second kappa shape index (κ2) is 9.53. The van der Waals surface area contributed by atoms with Crippen molar-refractivity contribution in [2.24, 2.45) is 0 Å². The van der Waals surface area contributed by atoms with E-state index in [-0.39, 0.29) is 12.5 Å². The van der Waals surface area contributed by atoms with Gasteiger partial charge in [0, 0.05) is 24.2 Å². The number of hydrogen-bond acceptors (Lipinski definition) is 5. The van der Waals surface area contributed by atoms with E-state index in [4.69, 9.17) is 16.3 Å². The molecule has 1 saturated heterocycles. The standard InChI is InChI=1S/C20H30ClN3O4S/c1-3-16-7-4-5-11-23(16)12-6-10-22-20(25)19-14-24(29(2,26)27)17-13-15(21)8-9-18(17)28-19/h8-9,13,16,19H,3-7,10-12,14H2,1-2H3,(H,22,25)/t16-,19+/m0/s1. The van der Waals surface area contributed by atoms with Crippen LogP contribution in [0.15, 0.2) is 18.2 Å². The lowest BCUT2D eigenvalue weighted by atomic mass is 10.00. The first-order valence-electron chi connectivity index (χ1n) is 10.2. The summed E-state index contributed by atoms with van der Waals surface area (Å²) in [5.74, 6) is 0.0373. The normalized spacial score (nSPS) is 22.7. The molecule has 1 aromatic carbocycles. The lowest BCUT2D eigenvalue weighted by molar-refractivity contribution is -0.127. The molecule has 2 atom stereocenters. The minimum Gasteiger partial charge on any atom is -0.476 e. The molecule has 1 amide bonds. The van der Waals surface area contributed by atoms with Gasteiger partial charge in [-0.05, 0) is 50.4 Å². The van der Waals surface area contributed by atoms with Gasteiger partial charge >= 0.3 is 0 Å². The van der Waals surface area contributed by atoms with Crippen LogP contribution < -0.4 is 14.4 Å². The van der Waals surface area contributed by atoms with Crippen molar-refractivity contribution in [1.29, 1.82) is 0 Å². The number of sulfonamides is 1. The highest BCUT2D eigenvalue weighted by Crippen LogP contribution is 2.37. The molecular weight excluding hydrogens is 414 g/mol. The Morgan fingerprint density at radius 3 is 2.86 bits per heavy atom. The lowest BCUT2D eigenvalue weighted by Gasteiger charge is -2.35. The number of rotatable bonds is 7. The van der Waals surface area contributed by atoms with Crippen molar-refractivity contribution in [3.05, 3.63) is 23.2 Å². The quantitative estimate of drug-likeness (QED) is 0.655. The maximum atomic E-state index is 12.6. The molecule has 162 valence electrons. The molecule has 3 rings (SSSR count). The molecule has 1 fully saturated rings. The molecule has 9 heteroatoms. The monoisotopic (exact) mass is 443 g/mol. The molecule has 0 aromatic heterocycles. The fraction of sp³-hybridized carbons (Fsp3) is 0.650. The summed E-state index contributed by atoms with van der Waals surface area (Å²) in [6.45, 7) is 4.78. The zero-order valence-electron chi connectivity index (χ0n) is 17.1. The molecule has 2 heterocycles. The number of carbonyl (C=O) groups is 1. The summed E-state index contributed by atoms with van der Waals surface area (Å²) in [7, 11) is -3.56. The van der Waals surface area contributed by atoms with E-state index in [2.05, 4.69) is 17.1 Å². The molecule has 0 unspecified atom stereocenters. The van der Waals surface area contributed by atoms with Crippen LogP contribution in [0.3, 0.4) is 0 Å². The first-order chi connectivity index (χ1) is 13.8. The van der Waals surface area contributed by atoms with Crippen LogP contribution in [-0.2, 0) is 14.8 Å². The summed E-state index contributed by atoms with van der Waals surface area (Å²) in [6, 6.07) is 5.39. The number of carbonyl (C=O) groups excluding carboxylic acids is 1. The Bertz CT molecular complexity index is 833. The Morgan fingerprint density at radius 1 is 1.34 bits per heavy atom. The number of ether oxygens (including phenoxy) is 1. The third kappa shape index (κ3) is 5.55. The first-order valence-corrected chi connectivity index (χ1v) is 12.5. The molecule has 0 aliphatic carbocycles. The molecule has 2 aliphatic rings. The second-order valence-electron chi connectivity index (χ2n) is 7.75. The summed E-state index contributed by atoms with van der Waals surface area (Å²) in [6.07, 6.45) is 6.03. The topological polar surface area (TPSA) is 79.0 Å². The average Bonchev–Trinajstić information content (AvgIpc) is 2.69. The highest BCUT2D eigenvalue weighted by molar-refractivity contribution is 7.92.